The van der Waals surface area contributed by atoms with Gasteiger partial charge in [-0.2, -0.15) is 0 Å². The van der Waals surface area contributed by atoms with Crippen molar-refractivity contribution < 1.29 is 29.3 Å². The fraction of sp³-hybridized carbons (Fsp3) is 0.938. The Hall–Kier alpha value is -1.14. The Balaban J connectivity index is 0.000000178. The molecule has 0 saturated heterocycles. The van der Waals surface area contributed by atoms with Crippen LogP contribution in [0.15, 0.2) is 0 Å². The number of ether oxygens (including phenoxy) is 2. The largest absolute Gasteiger partial charge is 0.459 e. The summed E-state index contributed by atoms with van der Waals surface area (Å²) < 4.78 is 11.8. The van der Waals surface area contributed by atoms with Crippen molar-refractivity contribution in [1.29, 1.82) is 0 Å². The molecule has 6 nitrogen and oxygen atoms in total. The highest BCUT2D eigenvalue weighted by Crippen LogP contribution is 2.61. The first-order valence-corrected chi connectivity index (χ1v) is 15.3. The molecule has 6 saturated carbocycles. The second-order valence-electron chi connectivity index (χ2n) is 15.8. The average molecular weight is 535 g/mol. The third-order valence-corrected chi connectivity index (χ3v) is 11.1. The summed E-state index contributed by atoms with van der Waals surface area (Å²) in [4.78, 5) is 24.7. The van der Waals surface area contributed by atoms with Crippen molar-refractivity contribution in [3.63, 3.8) is 0 Å². The molecular formula is C32H54O6. The second kappa shape index (κ2) is 9.75. The minimum Gasteiger partial charge on any atom is -0.459 e. The van der Waals surface area contributed by atoms with Crippen LogP contribution in [0.25, 0.3) is 0 Å². The molecule has 38 heavy (non-hydrogen) atoms. The third kappa shape index (κ3) is 5.82. The second-order valence-corrected chi connectivity index (χ2v) is 15.8. The van der Waals surface area contributed by atoms with Gasteiger partial charge in [0, 0.05) is 25.2 Å². The average Bonchev–Trinajstić information content (AvgIpc) is 3.40. The lowest BCUT2D eigenvalue weighted by Gasteiger charge is -2.62. The summed E-state index contributed by atoms with van der Waals surface area (Å²) in [5.41, 5.74) is -3.48. The van der Waals surface area contributed by atoms with Gasteiger partial charge < -0.3 is 19.7 Å². The number of hydrogen-bond donors (Lipinski definition) is 2. The SMILES string of the molecule is CCC(C)(C)C(=O)OC(C)(C)C1CC2CCC1C2.CCC(C)(C)C(=O)OC12CC3CC(O)(CC(O)(C3)C1)C2. The Morgan fingerprint density at radius 3 is 1.76 bits per heavy atom. The normalized spacial score (nSPS) is 39.5. The van der Waals surface area contributed by atoms with E-state index >= 15 is 0 Å². The molecule has 6 fully saturated rings. The molecule has 0 aromatic carbocycles. The standard InChI is InChI=1S/C16H26O4.C16H28O2/c1-4-13(2,3)12(17)20-16-7-11-5-14(18,9-16)8-15(19,6-11)10-16;1-6-15(2,3)14(17)18-16(4,5)13-10-11-7-8-12(13)9-11/h11,18-19H,4-10H2,1-3H3;11-13H,6-10H2,1-5H3. The zero-order valence-electron chi connectivity index (χ0n) is 25.3. The molecule has 5 atom stereocenters. The summed E-state index contributed by atoms with van der Waals surface area (Å²) in [7, 11) is 0. The molecule has 6 aliphatic carbocycles. The Bertz CT molecular complexity index is 901. The van der Waals surface area contributed by atoms with Crippen molar-refractivity contribution >= 4 is 11.9 Å². The van der Waals surface area contributed by atoms with Crippen LogP contribution >= 0.6 is 0 Å². The molecule has 0 spiro atoms. The van der Waals surface area contributed by atoms with E-state index in [0.717, 1.165) is 43.9 Å². The maximum absolute atomic E-state index is 12.4. The van der Waals surface area contributed by atoms with E-state index < -0.39 is 22.2 Å². The van der Waals surface area contributed by atoms with Crippen LogP contribution in [0.3, 0.4) is 0 Å². The molecule has 0 aromatic heterocycles. The van der Waals surface area contributed by atoms with E-state index in [-0.39, 0.29) is 28.9 Å². The van der Waals surface area contributed by atoms with Crippen LogP contribution in [0.1, 0.15) is 132 Å². The van der Waals surface area contributed by atoms with Gasteiger partial charge in [0.1, 0.15) is 11.2 Å². The minimum atomic E-state index is -0.842. The van der Waals surface area contributed by atoms with E-state index in [1.165, 1.54) is 25.7 Å². The zero-order valence-corrected chi connectivity index (χ0v) is 25.3. The van der Waals surface area contributed by atoms with Gasteiger partial charge in [0.2, 0.25) is 0 Å². The Labute approximate surface area is 230 Å². The lowest BCUT2D eigenvalue weighted by atomic mass is 9.50. The highest BCUT2D eigenvalue weighted by Gasteiger charge is 2.64. The van der Waals surface area contributed by atoms with Crippen molar-refractivity contribution in [2.75, 3.05) is 0 Å². The highest BCUT2D eigenvalue weighted by atomic mass is 16.6. The van der Waals surface area contributed by atoms with Gasteiger partial charge in [-0.15, -0.1) is 0 Å². The van der Waals surface area contributed by atoms with Crippen molar-refractivity contribution in [2.24, 2.45) is 34.5 Å². The first kappa shape index (κ1) is 29.8. The molecule has 0 aliphatic heterocycles. The summed E-state index contributed by atoms with van der Waals surface area (Å²) in [5, 5.41) is 21.3. The molecule has 0 radical (unpaired) electrons. The van der Waals surface area contributed by atoms with E-state index in [1.807, 2.05) is 41.5 Å². The van der Waals surface area contributed by atoms with Crippen LogP contribution in [0.5, 0.6) is 0 Å². The van der Waals surface area contributed by atoms with E-state index in [2.05, 4.69) is 13.8 Å². The molecule has 0 amide bonds. The Morgan fingerprint density at radius 2 is 1.32 bits per heavy atom. The van der Waals surface area contributed by atoms with Crippen LogP contribution < -0.4 is 0 Å². The van der Waals surface area contributed by atoms with Crippen LogP contribution in [-0.2, 0) is 19.1 Å². The highest BCUT2D eigenvalue weighted by molar-refractivity contribution is 5.76. The predicted octanol–water partition coefficient (Wildman–Crippen LogP) is 6.35. The fourth-order valence-corrected chi connectivity index (χ4v) is 8.54. The maximum atomic E-state index is 12.4. The minimum absolute atomic E-state index is 0.0298. The number of carbonyl (C=O) groups excluding carboxylic acids is 2. The molecule has 6 bridgehead atoms. The van der Waals surface area contributed by atoms with Gasteiger partial charge in [0.25, 0.3) is 0 Å². The zero-order chi connectivity index (χ0) is 28.4. The van der Waals surface area contributed by atoms with Gasteiger partial charge in [-0.3, -0.25) is 9.59 Å². The van der Waals surface area contributed by atoms with E-state index in [9.17, 15) is 19.8 Å². The van der Waals surface area contributed by atoms with Crippen LogP contribution in [-0.4, -0.2) is 44.6 Å². The van der Waals surface area contributed by atoms with Gasteiger partial charge in [0.15, 0.2) is 0 Å². The van der Waals surface area contributed by atoms with Gasteiger partial charge in [0.05, 0.1) is 22.0 Å². The third-order valence-electron chi connectivity index (χ3n) is 11.1. The summed E-state index contributed by atoms with van der Waals surface area (Å²) in [6.45, 7) is 16.0. The summed E-state index contributed by atoms with van der Waals surface area (Å²) >= 11 is 0. The number of esters is 2. The van der Waals surface area contributed by atoms with Crippen molar-refractivity contribution in [3.05, 3.63) is 0 Å². The summed E-state index contributed by atoms with van der Waals surface area (Å²) in [6, 6.07) is 0. The molecular weight excluding hydrogens is 480 g/mol. The van der Waals surface area contributed by atoms with Crippen molar-refractivity contribution in [3.8, 4) is 0 Å². The van der Waals surface area contributed by atoms with Crippen LogP contribution in [0.2, 0.25) is 0 Å². The first-order chi connectivity index (χ1) is 17.4. The van der Waals surface area contributed by atoms with Gasteiger partial charge in [-0.25, -0.2) is 0 Å². The Kier molecular flexibility index (Phi) is 7.65. The van der Waals surface area contributed by atoms with E-state index in [4.69, 9.17) is 9.47 Å². The lowest BCUT2D eigenvalue weighted by Crippen LogP contribution is -2.67. The number of rotatable bonds is 7. The fourth-order valence-electron chi connectivity index (χ4n) is 8.54. The smallest absolute Gasteiger partial charge is 0.312 e. The van der Waals surface area contributed by atoms with Gasteiger partial charge in [-0.1, -0.05) is 20.3 Å². The summed E-state index contributed by atoms with van der Waals surface area (Å²) in [5.74, 6) is 2.32. The quantitative estimate of drug-likeness (QED) is 0.370. The van der Waals surface area contributed by atoms with Crippen LogP contribution in [0, 0.1) is 34.5 Å². The molecule has 6 aliphatic rings. The van der Waals surface area contributed by atoms with E-state index in [1.54, 1.807) is 0 Å². The van der Waals surface area contributed by atoms with Crippen molar-refractivity contribution in [2.45, 2.75) is 155 Å². The van der Waals surface area contributed by atoms with Gasteiger partial charge in [-0.05, 0) is 111 Å². The monoisotopic (exact) mass is 534 g/mol. The Morgan fingerprint density at radius 1 is 0.763 bits per heavy atom. The molecule has 0 heterocycles. The van der Waals surface area contributed by atoms with E-state index in [0.29, 0.717) is 25.2 Å². The topological polar surface area (TPSA) is 93.1 Å². The molecule has 2 N–H and O–H groups in total. The number of hydrogen-bond acceptors (Lipinski definition) is 6. The lowest BCUT2D eigenvalue weighted by molar-refractivity contribution is -0.264. The van der Waals surface area contributed by atoms with Gasteiger partial charge >= 0.3 is 11.9 Å². The molecule has 6 rings (SSSR count). The van der Waals surface area contributed by atoms with Crippen molar-refractivity contribution in [1.82, 2.24) is 0 Å². The first-order valence-electron chi connectivity index (χ1n) is 15.3. The molecule has 0 aromatic rings. The molecule has 5 unspecified atom stereocenters. The number of fused-ring (bicyclic) bond motifs is 2. The molecule has 6 heteroatoms. The predicted molar refractivity (Wildman–Crippen MR) is 147 cm³/mol. The number of aliphatic hydroxyl groups is 2. The summed E-state index contributed by atoms with van der Waals surface area (Å²) in [6.07, 6.45) is 10.6. The maximum Gasteiger partial charge on any atom is 0.312 e. The van der Waals surface area contributed by atoms with Crippen LogP contribution in [0.4, 0.5) is 0 Å². The number of carbonyl (C=O) groups is 2. The molecule has 218 valence electrons.